The van der Waals surface area contributed by atoms with Crippen molar-refractivity contribution in [1.29, 1.82) is 0 Å². The van der Waals surface area contributed by atoms with Gasteiger partial charge >= 0.3 is 0 Å². The van der Waals surface area contributed by atoms with Gasteiger partial charge in [0.05, 0.1) is 17.6 Å². The van der Waals surface area contributed by atoms with E-state index in [2.05, 4.69) is 42.2 Å². The van der Waals surface area contributed by atoms with Gasteiger partial charge in [0.2, 0.25) is 0 Å². The number of halogens is 3. The number of hydrogen-bond acceptors (Lipinski definition) is 2. The van der Waals surface area contributed by atoms with Crippen LogP contribution in [0, 0.1) is 5.82 Å². The standard InChI is InChI=1S/C9H6Br2FN3/c10-4-7-5-15(14-13-7)9-3-6(12)1-2-8(9)11/h1-3,5H,4H2. The highest BCUT2D eigenvalue weighted by atomic mass is 79.9. The van der Waals surface area contributed by atoms with Crippen molar-refractivity contribution in [2.75, 3.05) is 0 Å². The molecule has 0 radical (unpaired) electrons. The van der Waals surface area contributed by atoms with E-state index in [4.69, 9.17) is 0 Å². The molecule has 0 N–H and O–H groups in total. The van der Waals surface area contributed by atoms with Crippen LogP contribution in [0.1, 0.15) is 5.69 Å². The van der Waals surface area contributed by atoms with Crippen molar-refractivity contribution in [2.24, 2.45) is 0 Å². The summed E-state index contributed by atoms with van der Waals surface area (Å²) in [4.78, 5) is 0. The van der Waals surface area contributed by atoms with Gasteiger partial charge in [-0.05, 0) is 28.1 Å². The monoisotopic (exact) mass is 333 g/mol. The molecule has 15 heavy (non-hydrogen) atoms. The zero-order valence-corrected chi connectivity index (χ0v) is 10.7. The van der Waals surface area contributed by atoms with Gasteiger partial charge in [0.1, 0.15) is 5.82 Å². The molecule has 2 rings (SSSR count). The van der Waals surface area contributed by atoms with Crippen LogP contribution in [0.15, 0.2) is 28.9 Å². The number of hydrogen-bond donors (Lipinski definition) is 0. The first kappa shape index (κ1) is 10.8. The highest BCUT2D eigenvalue weighted by molar-refractivity contribution is 9.10. The fraction of sp³-hybridized carbons (Fsp3) is 0.111. The van der Waals surface area contributed by atoms with E-state index in [1.54, 1.807) is 12.3 Å². The van der Waals surface area contributed by atoms with Crippen LogP contribution in [-0.2, 0) is 5.33 Å². The molecule has 78 valence electrons. The molecule has 0 saturated carbocycles. The van der Waals surface area contributed by atoms with Crippen LogP contribution in [0.5, 0.6) is 0 Å². The molecule has 0 amide bonds. The summed E-state index contributed by atoms with van der Waals surface area (Å²) in [5.74, 6) is -0.302. The van der Waals surface area contributed by atoms with Crippen molar-refractivity contribution in [3.8, 4) is 5.69 Å². The van der Waals surface area contributed by atoms with Crippen molar-refractivity contribution < 1.29 is 4.39 Å². The molecule has 0 bridgehead atoms. The van der Waals surface area contributed by atoms with Gasteiger partial charge in [-0.3, -0.25) is 0 Å². The van der Waals surface area contributed by atoms with E-state index in [-0.39, 0.29) is 5.82 Å². The molecular weight excluding hydrogens is 329 g/mol. The minimum absolute atomic E-state index is 0.302. The van der Waals surface area contributed by atoms with Gasteiger partial charge in [0.25, 0.3) is 0 Å². The summed E-state index contributed by atoms with van der Waals surface area (Å²) < 4.78 is 15.3. The lowest BCUT2D eigenvalue weighted by Gasteiger charge is -2.02. The van der Waals surface area contributed by atoms with Crippen molar-refractivity contribution in [3.05, 3.63) is 40.4 Å². The Bertz CT molecular complexity index is 484. The van der Waals surface area contributed by atoms with Crippen molar-refractivity contribution in [1.82, 2.24) is 15.0 Å². The molecule has 0 atom stereocenters. The summed E-state index contributed by atoms with van der Waals surface area (Å²) in [5, 5.41) is 8.43. The smallest absolute Gasteiger partial charge is 0.125 e. The van der Waals surface area contributed by atoms with Gasteiger partial charge in [-0.1, -0.05) is 21.1 Å². The molecule has 0 spiro atoms. The highest BCUT2D eigenvalue weighted by Gasteiger charge is 2.06. The molecular formula is C9H6Br2FN3. The maximum Gasteiger partial charge on any atom is 0.125 e. The maximum absolute atomic E-state index is 13.0. The first-order valence-electron chi connectivity index (χ1n) is 4.13. The van der Waals surface area contributed by atoms with Crippen LogP contribution in [0.4, 0.5) is 4.39 Å². The van der Waals surface area contributed by atoms with E-state index < -0.39 is 0 Å². The van der Waals surface area contributed by atoms with Crippen LogP contribution in [0.3, 0.4) is 0 Å². The number of benzene rings is 1. The Morgan fingerprint density at radius 2 is 2.20 bits per heavy atom. The summed E-state index contributed by atoms with van der Waals surface area (Å²) in [7, 11) is 0. The Labute approximate surface area is 103 Å². The molecule has 3 nitrogen and oxygen atoms in total. The van der Waals surface area contributed by atoms with Crippen LogP contribution in [0.2, 0.25) is 0 Å². The van der Waals surface area contributed by atoms with Gasteiger partial charge < -0.3 is 0 Å². The highest BCUT2D eigenvalue weighted by Crippen LogP contribution is 2.21. The Morgan fingerprint density at radius 3 is 2.87 bits per heavy atom. The van der Waals surface area contributed by atoms with Crippen molar-refractivity contribution in [3.63, 3.8) is 0 Å². The Morgan fingerprint density at radius 1 is 1.40 bits per heavy atom. The molecule has 0 aliphatic carbocycles. The molecule has 0 fully saturated rings. The fourth-order valence-corrected chi connectivity index (χ4v) is 1.82. The topological polar surface area (TPSA) is 30.7 Å². The predicted molar refractivity (Wildman–Crippen MR) is 61.6 cm³/mol. The summed E-state index contributed by atoms with van der Waals surface area (Å²) in [6.45, 7) is 0. The zero-order valence-electron chi connectivity index (χ0n) is 7.49. The molecule has 1 aromatic carbocycles. The normalized spacial score (nSPS) is 10.6. The third kappa shape index (κ3) is 2.26. The van der Waals surface area contributed by atoms with Gasteiger partial charge in [-0.15, -0.1) is 5.10 Å². The number of aromatic nitrogens is 3. The average molecular weight is 335 g/mol. The van der Waals surface area contributed by atoms with Gasteiger partial charge in [0, 0.05) is 15.9 Å². The minimum atomic E-state index is -0.302. The molecule has 0 unspecified atom stereocenters. The SMILES string of the molecule is Fc1ccc(Br)c(-n2cc(CBr)nn2)c1. The Balaban J connectivity index is 2.48. The molecule has 6 heteroatoms. The lowest BCUT2D eigenvalue weighted by atomic mass is 10.3. The summed E-state index contributed by atoms with van der Waals surface area (Å²) >= 11 is 6.61. The van der Waals surface area contributed by atoms with Gasteiger partial charge in [-0.2, -0.15) is 0 Å². The quantitative estimate of drug-likeness (QED) is 0.790. The summed E-state index contributed by atoms with van der Waals surface area (Å²) in [6, 6.07) is 4.42. The number of nitrogens with zero attached hydrogens (tertiary/aromatic N) is 3. The van der Waals surface area contributed by atoms with Gasteiger partial charge in [-0.25, -0.2) is 9.07 Å². The largest absolute Gasteiger partial charge is 0.219 e. The number of rotatable bonds is 2. The first-order chi connectivity index (χ1) is 7.20. The second kappa shape index (κ2) is 4.40. The lowest BCUT2D eigenvalue weighted by Crippen LogP contribution is -1.96. The van der Waals surface area contributed by atoms with Crippen LogP contribution < -0.4 is 0 Å². The number of alkyl halides is 1. The van der Waals surface area contributed by atoms with E-state index in [1.165, 1.54) is 16.8 Å². The second-order valence-electron chi connectivity index (χ2n) is 2.88. The molecule has 0 aliphatic rings. The maximum atomic E-state index is 13.0. The predicted octanol–water partition coefficient (Wildman–Crippen LogP) is 3.06. The molecule has 1 heterocycles. The van der Waals surface area contributed by atoms with E-state index in [9.17, 15) is 4.39 Å². The van der Waals surface area contributed by atoms with Crippen LogP contribution >= 0.6 is 31.9 Å². The summed E-state index contributed by atoms with van der Waals surface area (Å²) in [6.07, 6.45) is 1.74. The van der Waals surface area contributed by atoms with Crippen molar-refractivity contribution >= 4 is 31.9 Å². The third-order valence-corrected chi connectivity index (χ3v) is 3.08. The summed E-state index contributed by atoms with van der Waals surface area (Å²) in [5.41, 5.74) is 1.43. The second-order valence-corrected chi connectivity index (χ2v) is 4.30. The fourth-order valence-electron chi connectivity index (χ4n) is 1.14. The minimum Gasteiger partial charge on any atom is -0.219 e. The van der Waals surface area contributed by atoms with E-state index >= 15 is 0 Å². The third-order valence-electron chi connectivity index (χ3n) is 1.83. The zero-order chi connectivity index (χ0) is 10.8. The molecule has 0 saturated heterocycles. The Kier molecular flexibility index (Phi) is 3.16. The molecule has 2 aromatic rings. The van der Waals surface area contributed by atoms with Crippen LogP contribution in [0.25, 0.3) is 5.69 Å². The van der Waals surface area contributed by atoms with Crippen molar-refractivity contribution in [2.45, 2.75) is 5.33 Å². The molecule has 1 aromatic heterocycles. The first-order valence-corrected chi connectivity index (χ1v) is 6.05. The average Bonchev–Trinajstić information content (AvgIpc) is 2.70. The molecule has 0 aliphatic heterocycles. The van der Waals surface area contributed by atoms with E-state index in [0.717, 1.165) is 10.2 Å². The Hall–Kier alpha value is -0.750. The lowest BCUT2D eigenvalue weighted by molar-refractivity contribution is 0.624. The van der Waals surface area contributed by atoms with Crippen LogP contribution in [-0.4, -0.2) is 15.0 Å². The van der Waals surface area contributed by atoms with E-state index in [0.29, 0.717) is 11.0 Å². The van der Waals surface area contributed by atoms with E-state index in [1.807, 2.05) is 0 Å². The van der Waals surface area contributed by atoms with Gasteiger partial charge in [0.15, 0.2) is 0 Å².